The quantitative estimate of drug-likeness (QED) is 0.632. The van der Waals surface area contributed by atoms with Crippen LogP contribution in [0.5, 0.6) is 0 Å². The highest BCUT2D eigenvalue weighted by atomic mass is 19.1. The molecule has 0 saturated carbocycles. The molecule has 1 amide bonds. The van der Waals surface area contributed by atoms with E-state index in [1.54, 1.807) is 29.2 Å². The topological polar surface area (TPSA) is 29.5 Å². The molecule has 1 aliphatic rings. The van der Waals surface area contributed by atoms with Crippen LogP contribution >= 0.6 is 0 Å². The van der Waals surface area contributed by atoms with Gasteiger partial charge in [0.2, 0.25) is 0 Å². The number of benzene rings is 2. The SMILES string of the molecule is C=CC[C@]1(C=C)CCN(Cc2ccc(-c3ccc(F)cc3F)cc2)C(=O)O1. The molecule has 0 aromatic heterocycles. The fourth-order valence-corrected chi connectivity index (χ4v) is 3.20. The van der Waals surface area contributed by atoms with E-state index in [9.17, 15) is 13.6 Å². The van der Waals surface area contributed by atoms with Crippen LogP contribution in [0.15, 0.2) is 67.8 Å². The number of carbonyl (C=O) groups is 1. The summed E-state index contributed by atoms with van der Waals surface area (Å²) >= 11 is 0. The van der Waals surface area contributed by atoms with Gasteiger partial charge < -0.3 is 9.64 Å². The second-order valence-corrected chi connectivity index (χ2v) is 6.62. The Labute approximate surface area is 157 Å². The summed E-state index contributed by atoms with van der Waals surface area (Å²) in [5.74, 6) is -1.21. The third kappa shape index (κ3) is 4.08. The molecule has 1 atom stereocenters. The number of amides is 1. The summed E-state index contributed by atoms with van der Waals surface area (Å²) in [6.07, 6.45) is 4.17. The summed E-state index contributed by atoms with van der Waals surface area (Å²) in [6.45, 7) is 8.42. The van der Waals surface area contributed by atoms with Crippen molar-refractivity contribution in [1.82, 2.24) is 4.90 Å². The highest BCUT2D eigenvalue weighted by molar-refractivity contribution is 5.70. The Balaban J connectivity index is 1.69. The van der Waals surface area contributed by atoms with Crippen molar-refractivity contribution < 1.29 is 18.3 Å². The Morgan fingerprint density at radius 3 is 2.48 bits per heavy atom. The Morgan fingerprint density at radius 2 is 1.89 bits per heavy atom. The maximum absolute atomic E-state index is 13.9. The van der Waals surface area contributed by atoms with Gasteiger partial charge in [0, 0.05) is 37.6 Å². The Morgan fingerprint density at radius 1 is 1.15 bits per heavy atom. The molecule has 0 N–H and O–H groups in total. The van der Waals surface area contributed by atoms with Gasteiger partial charge in [-0.05, 0) is 29.3 Å². The third-order valence-corrected chi connectivity index (χ3v) is 4.79. The number of nitrogens with zero attached hydrogens (tertiary/aromatic N) is 1. The van der Waals surface area contributed by atoms with Crippen LogP contribution < -0.4 is 0 Å². The number of rotatable bonds is 6. The highest BCUT2D eigenvalue weighted by Crippen LogP contribution is 2.30. The average Bonchev–Trinajstić information content (AvgIpc) is 2.65. The molecule has 2 aromatic carbocycles. The molecule has 1 fully saturated rings. The first-order valence-corrected chi connectivity index (χ1v) is 8.73. The van der Waals surface area contributed by atoms with Crippen LogP contribution in [0.2, 0.25) is 0 Å². The van der Waals surface area contributed by atoms with Crippen LogP contribution in [-0.4, -0.2) is 23.1 Å². The van der Waals surface area contributed by atoms with Crippen LogP contribution in [0, 0.1) is 11.6 Å². The van der Waals surface area contributed by atoms with Crippen LogP contribution in [0.4, 0.5) is 13.6 Å². The molecule has 27 heavy (non-hydrogen) atoms. The Bertz CT molecular complexity index is 863. The molecule has 0 bridgehead atoms. The number of carbonyl (C=O) groups excluding carboxylic acids is 1. The maximum atomic E-state index is 13.9. The van der Waals surface area contributed by atoms with E-state index in [4.69, 9.17) is 4.74 Å². The van der Waals surface area contributed by atoms with Gasteiger partial charge in [0.05, 0.1) is 0 Å². The van der Waals surface area contributed by atoms with E-state index in [1.807, 2.05) is 12.1 Å². The van der Waals surface area contributed by atoms with Gasteiger partial charge in [0.25, 0.3) is 0 Å². The lowest BCUT2D eigenvalue weighted by atomic mass is 9.93. The van der Waals surface area contributed by atoms with Gasteiger partial charge in [-0.2, -0.15) is 0 Å². The molecule has 0 spiro atoms. The van der Waals surface area contributed by atoms with Gasteiger partial charge in [0.15, 0.2) is 0 Å². The van der Waals surface area contributed by atoms with Gasteiger partial charge in [-0.3, -0.25) is 0 Å². The number of halogens is 2. The van der Waals surface area contributed by atoms with Crippen molar-refractivity contribution in [3.63, 3.8) is 0 Å². The first kappa shape index (κ1) is 18.8. The number of cyclic esters (lactones) is 1. The van der Waals surface area contributed by atoms with Gasteiger partial charge in [-0.15, -0.1) is 6.58 Å². The molecule has 1 aliphatic heterocycles. The lowest BCUT2D eigenvalue weighted by molar-refractivity contribution is -0.0190. The summed E-state index contributed by atoms with van der Waals surface area (Å²) in [7, 11) is 0. The summed E-state index contributed by atoms with van der Waals surface area (Å²) < 4.78 is 32.5. The molecule has 0 radical (unpaired) electrons. The minimum absolute atomic E-state index is 0.334. The van der Waals surface area contributed by atoms with E-state index in [0.717, 1.165) is 11.6 Å². The van der Waals surface area contributed by atoms with Crippen LogP contribution in [0.25, 0.3) is 11.1 Å². The Kier molecular flexibility index (Phi) is 5.40. The molecular formula is C22H21F2NO2. The average molecular weight is 369 g/mol. The number of hydrogen-bond acceptors (Lipinski definition) is 2. The zero-order valence-electron chi connectivity index (χ0n) is 15.0. The normalized spacial score (nSPS) is 19.5. The molecule has 3 rings (SSSR count). The Hall–Kier alpha value is -2.95. The fraction of sp³-hybridized carbons (Fsp3) is 0.227. The van der Waals surface area contributed by atoms with Gasteiger partial charge in [-0.1, -0.05) is 36.9 Å². The lowest BCUT2D eigenvalue weighted by Gasteiger charge is -2.39. The van der Waals surface area contributed by atoms with Crippen LogP contribution in [-0.2, 0) is 11.3 Å². The van der Waals surface area contributed by atoms with E-state index in [-0.39, 0.29) is 0 Å². The maximum Gasteiger partial charge on any atom is 0.410 e. The van der Waals surface area contributed by atoms with Gasteiger partial charge in [-0.25, -0.2) is 13.6 Å². The zero-order valence-corrected chi connectivity index (χ0v) is 15.0. The van der Waals surface area contributed by atoms with Crippen molar-refractivity contribution in [3.8, 4) is 11.1 Å². The predicted molar refractivity (Wildman–Crippen MR) is 101 cm³/mol. The molecular weight excluding hydrogens is 348 g/mol. The van der Waals surface area contributed by atoms with Crippen molar-refractivity contribution in [3.05, 3.63) is 85.0 Å². The molecule has 140 valence electrons. The second kappa shape index (κ2) is 7.74. The van der Waals surface area contributed by atoms with Gasteiger partial charge >= 0.3 is 6.09 Å². The zero-order chi connectivity index (χ0) is 19.4. The summed E-state index contributed by atoms with van der Waals surface area (Å²) in [4.78, 5) is 14.0. The molecule has 0 unspecified atom stereocenters. The van der Waals surface area contributed by atoms with E-state index in [2.05, 4.69) is 13.2 Å². The van der Waals surface area contributed by atoms with Crippen molar-refractivity contribution >= 4 is 6.09 Å². The smallest absolute Gasteiger partial charge is 0.410 e. The van der Waals surface area contributed by atoms with Crippen LogP contribution in [0.1, 0.15) is 18.4 Å². The second-order valence-electron chi connectivity index (χ2n) is 6.62. The molecule has 3 nitrogen and oxygen atoms in total. The third-order valence-electron chi connectivity index (χ3n) is 4.79. The van der Waals surface area contributed by atoms with Crippen molar-refractivity contribution in [2.45, 2.75) is 25.0 Å². The minimum atomic E-state index is -0.681. The first-order valence-electron chi connectivity index (χ1n) is 8.73. The number of ether oxygens (including phenoxy) is 1. The fourth-order valence-electron chi connectivity index (χ4n) is 3.20. The van der Waals surface area contributed by atoms with E-state index in [0.29, 0.717) is 37.1 Å². The molecule has 2 aromatic rings. The van der Waals surface area contributed by atoms with Crippen molar-refractivity contribution in [1.29, 1.82) is 0 Å². The highest BCUT2D eigenvalue weighted by Gasteiger charge is 2.37. The summed E-state index contributed by atoms with van der Waals surface area (Å²) in [5, 5.41) is 0. The predicted octanol–water partition coefficient (Wildman–Crippen LogP) is 5.48. The van der Waals surface area contributed by atoms with Gasteiger partial charge in [0.1, 0.15) is 17.2 Å². The summed E-state index contributed by atoms with van der Waals surface area (Å²) in [6, 6.07) is 10.7. The standard InChI is InChI=1S/C22H21F2NO2/c1-3-11-22(4-2)12-13-25(21(26)27-22)15-16-5-7-17(8-6-16)19-10-9-18(23)14-20(19)24/h3-10,14H,1-2,11-13,15H2/t22-/m1/s1. The monoisotopic (exact) mass is 369 g/mol. The van der Waals surface area contributed by atoms with Crippen molar-refractivity contribution in [2.24, 2.45) is 0 Å². The van der Waals surface area contributed by atoms with Crippen molar-refractivity contribution in [2.75, 3.05) is 6.54 Å². The first-order chi connectivity index (χ1) is 13.0. The molecule has 0 aliphatic carbocycles. The van der Waals surface area contributed by atoms with E-state index < -0.39 is 23.3 Å². The molecule has 1 heterocycles. The van der Waals surface area contributed by atoms with E-state index in [1.165, 1.54) is 12.1 Å². The number of hydrogen-bond donors (Lipinski definition) is 0. The van der Waals surface area contributed by atoms with E-state index >= 15 is 0 Å². The molecule has 1 saturated heterocycles. The lowest BCUT2D eigenvalue weighted by Crippen LogP contribution is -2.47. The van der Waals surface area contributed by atoms with Crippen LogP contribution in [0.3, 0.4) is 0 Å². The largest absolute Gasteiger partial charge is 0.438 e. The minimum Gasteiger partial charge on any atom is -0.438 e. The summed E-state index contributed by atoms with van der Waals surface area (Å²) in [5.41, 5.74) is 1.20. The molecule has 5 heteroatoms.